The summed E-state index contributed by atoms with van der Waals surface area (Å²) in [5.41, 5.74) is 0.0420. The molecular weight excluding hydrogens is 596 g/mol. The van der Waals surface area contributed by atoms with Crippen LogP contribution in [-0.4, -0.2) is 54.3 Å². The molecule has 0 saturated carbocycles. The number of benzene rings is 1. The van der Waals surface area contributed by atoms with Crippen molar-refractivity contribution in [1.82, 2.24) is 10.2 Å². The van der Waals surface area contributed by atoms with E-state index in [1.165, 1.54) is 6.07 Å². The number of unbranched alkanes of at least 4 members (excludes halogenated alkanes) is 3. The van der Waals surface area contributed by atoms with Gasteiger partial charge in [0, 0.05) is 0 Å². The molecule has 1 aliphatic heterocycles. The number of carbonyl (C=O) groups excluding carboxylic acids is 1. The molecule has 2 atom stereocenters. The van der Waals surface area contributed by atoms with Crippen LogP contribution in [0.4, 0.5) is 18.0 Å². The van der Waals surface area contributed by atoms with E-state index in [1.807, 2.05) is 24.8 Å². The van der Waals surface area contributed by atoms with Crippen LogP contribution in [-0.2, 0) is 15.6 Å². The minimum atomic E-state index is -4.63. The SMILES string of the molecule is C/C=C(\N=C(C(C)CC)C1CCCN1C(=BOC#N)NC(=O)OC(C)(C)C)c1ccc(OC/C=C/CCCCC)c(C(F)(F)F)c1. The van der Waals surface area contributed by atoms with Crippen LogP contribution in [0.1, 0.15) is 105 Å². The quantitative estimate of drug-likeness (QED) is 0.0679. The summed E-state index contributed by atoms with van der Waals surface area (Å²) in [5.74, 6) is -0.285. The zero-order chi connectivity index (χ0) is 34.3. The number of carbonyl (C=O) groups is 1. The molecule has 2 rings (SSSR count). The van der Waals surface area contributed by atoms with E-state index < -0.39 is 23.4 Å². The van der Waals surface area contributed by atoms with E-state index in [0.29, 0.717) is 24.2 Å². The Morgan fingerprint density at radius 1 is 1.24 bits per heavy atom. The molecule has 252 valence electrons. The number of aliphatic imine (C=N–C) groups is 1. The summed E-state index contributed by atoms with van der Waals surface area (Å²) >= 11 is 0. The Morgan fingerprint density at radius 2 is 1.98 bits per heavy atom. The Balaban J connectivity index is 2.45. The molecule has 1 N–H and O–H groups in total. The summed E-state index contributed by atoms with van der Waals surface area (Å²) in [6.45, 7) is 13.6. The van der Waals surface area contributed by atoms with Crippen LogP contribution in [0.15, 0.2) is 41.4 Å². The third-order valence-corrected chi connectivity index (χ3v) is 7.45. The maximum absolute atomic E-state index is 14.2. The maximum atomic E-state index is 14.2. The zero-order valence-electron chi connectivity index (χ0n) is 28.2. The van der Waals surface area contributed by atoms with Crippen LogP contribution in [0.3, 0.4) is 0 Å². The third kappa shape index (κ3) is 12.2. The van der Waals surface area contributed by atoms with E-state index in [4.69, 9.17) is 24.4 Å². The molecule has 0 aromatic heterocycles. The van der Waals surface area contributed by atoms with Gasteiger partial charge < -0.3 is 0 Å². The van der Waals surface area contributed by atoms with E-state index in [0.717, 1.165) is 57.4 Å². The number of likely N-dealkylation sites (tertiary alicyclic amines) is 1. The number of nitrogens with zero attached hydrogens (tertiary/aromatic N) is 3. The molecule has 1 heterocycles. The van der Waals surface area contributed by atoms with Gasteiger partial charge in [0.05, 0.1) is 0 Å². The van der Waals surface area contributed by atoms with Crippen LogP contribution < -0.4 is 10.1 Å². The number of ether oxygens (including phenoxy) is 2. The number of alkyl halides is 3. The molecule has 1 amide bonds. The van der Waals surface area contributed by atoms with Crippen LogP contribution in [0.25, 0.3) is 5.70 Å². The molecule has 8 nitrogen and oxygen atoms in total. The first-order chi connectivity index (χ1) is 21.7. The summed E-state index contributed by atoms with van der Waals surface area (Å²) in [7, 11) is 1.15. The number of allylic oxidation sites excluding steroid dienone is 2. The van der Waals surface area contributed by atoms with Crippen LogP contribution in [0.2, 0.25) is 0 Å². The first kappa shape index (κ1) is 38.4. The van der Waals surface area contributed by atoms with Crippen molar-refractivity contribution in [3.05, 3.63) is 47.6 Å². The number of hydrogen-bond donors (Lipinski definition) is 1. The van der Waals surface area contributed by atoms with Gasteiger partial charge in [-0.05, 0) is 12.8 Å². The van der Waals surface area contributed by atoms with Crippen molar-refractivity contribution in [1.29, 1.82) is 5.26 Å². The van der Waals surface area contributed by atoms with Gasteiger partial charge in [-0.3, -0.25) is 0 Å². The summed E-state index contributed by atoms with van der Waals surface area (Å²) < 4.78 is 58.5. The van der Waals surface area contributed by atoms with Crippen molar-refractivity contribution in [3.8, 4) is 12.0 Å². The van der Waals surface area contributed by atoms with Gasteiger partial charge in [-0.1, -0.05) is 31.9 Å². The Labute approximate surface area is 272 Å². The summed E-state index contributed by atoms with van der Waals surface area (Å²) in [6.07, 6.45) is 7.87. The summed E-state index contributed by atoms with van der Waals surface area (Å²) in [5, 5.41) is 11.7. The Kier molecular flexibility index (Phi) is 15.4. The van der Waals surface area contributed by atoms with Crippen molar-refractivity contribution in [2.24, 2.45) is 10.9 Å². The van der Waals surface area contributed by atoms with Gasteiger partial charge in [0.2, 0.25) is 0 Å². The first-order valence-corrected chi connectivity index (χ1v) is 16.0. The van der Waals surface area contributed by atoms with Crippen LogP contribution in [0, 0.1) is 17.4 Å². The fraction of sp³-hybridized carbons (Fsp3) is 0.588. The molecule has 0 spiro atoms. The van der Waals surface area contributed by atoms with Crippen molar-refractivity contribution in [2.45, 2.75) is 111 Å². The van der Waals surface area contributed by atoms with Crippen molar-refractivity contribution in [2.75, 3.05) is 13.2 Å². The molecule has 1 fully saturated rings. The number of nitrogens with one attached hydrogen (secondary N) is 1. The molecule has 1 aliphatic rings. The van der Waals surface area contributed by atoms with Crippen LogP contribution >= 0.6 is 0 Å². The molecule has 1 aromatic rings. The van der Waals surface area contributed by atoms with Gasteiger partial charge in [-0.15, -0.1) is 0 Å². The minimum absolute atomic E-state index is 0.0432. The Hall–Kier alpha value is -3.75. The standard InChI is InChI=1S/C34H48BF3N4O4/c1-8-11-12-13-14-15-21-44-29-19-18-25(22-26(29)34(36,37)38)27(10-3)40-30(24(4)9-2)28-17-16-20-42(28)31(35-45-23-39)41-32(43)46-33(5,6)7/h10,14-15,18-19,22,24,28H,8-9,11-13,16-17,20-21H2,1-7H3,(H,41,43)/b15-14+,27-10-,40-30?. The van der Waals surface area contributed by atoms with Crippen molar-refractivity contribution >= 4 is 30.3 Å². The molecule has 0 aliphatic carbocycles. The van der Waals surface area contributed by atoms with E-state index in [2.05, 4.69) is 12.2 Å². The van der Waals surface area contributed by atoms with Gasteiger partial charge >= 0.3 is 228 Å². The normalized spacial score (nSPS) is 17.0. The van der Waals surface area contributed by atoms with Crippen LogP contribution in [0.5, 0.6) is 5.75 Å². The average Bonchev–Trinajstić information content (AvgIpc) is 3.47. The van der Waals surface area contributed by atoms with E-state index in [1.54, 1.807) is 52.2 Å². The number of amides is 1. The van der Waals surface area contributed by atoms with Gasteiger partial charge in [-0.2, -0.15) is 0 Å². The average molecular weight is 645 g/mol. The zero-order valence-corrected chi connectivity index (χ0v) is 28.2. The fourth-order valence-corrected chi connectivity index (χ4v) is 5.05. The Morgan fingerprint density at radius 3 is 2.59 bits per heavy atom. The molecule has 1 aromatic carbocycles. The summed E-state index contributed by atoms with van der Waals surface area (Å²) in [4.78, 5) is 19.5. The monoisotopic (exact) mass is 644 g/mol. The predicted molar refractivity (Wildman–Crippen MR) is 177 cm³/mol. The van der Waals surface area contributed by atoms with Gasteiger partial charge in [0.1, 0.15) is 0 Å². The molecule has 0 radical (unpaired) electrons. The first-order valence-electron chi connectivity index (χ1n) is 16.0. The van der Waals surface area contributed by atoms with E-state index in [-0.39, 0.29) is 30.0 Å². The molecule has 0 bridgehead atoms. The Bertz CT molecular complexity index is 1310. The molecule has 1 saturated heterocycles. The predicted octanol–water partition coefficient (Wildman–Crippen LogP) is 8.26. The second-order valence-corrected chi connectivity index (χ2v) is 12.2. The molecule has 46 heavy (non-hydrogen) atoms. The van der Waals surface area contributed by atoms with Gasteiger partial charge in [-0.25, -0.2) is 0 Å². The number of rotatable bonds is 15. The topological polar surface area (TPSA) is 96.2 Å². The van der Waals surface area contributed by atoms with Crippen molar-refractivity contribution in [3.63, 3.8) is 0 Å². The fourth-order valence-electron chi connectivity index (χ4n) is 5.05. The summed E-state index contributed by atoms with van der Waals surface area (Å²) in [6, 6.07) is 3.70. The van der Waals surface area contributed by atoms with E-state index >= 15 is 0 Å². The number of alkyl carbamates (subject to hydrolysis) is 1. The number of nitriles is 1. The molecule has 2 unspecified atom stereocenters. The third-order valence-electron chi connectivity index (χ3n) is 7.45. The second kappa shape index (κ2) is 18.4. The number of hydrogen-bond acceptors (Lipinski definition) is 7. The second-order valence-electron chi connectivity index (χ2n) is 12.2. The molecular formula is C34H48BF3N4O4. The molecule has 12 heteroatoms. The van der Waals surface area contributed by atoms with Gasteiger partial charge in [0.15, 0.2) is 0 Å². The number of halogens is 3. The van der Waals surface area contributed by atoms with Crippen molar-refractivity contribution < 1.29 is 32.1 Å². The van der Waals surface area contributed by atoms with Gasteiger partial charge in [0.25, 0.3) is 0 Å². The van der Waals surface area contributed by atoms with E-state index in [9.17, 15) is 18.0 Å².